The number of aromatic nitrogens is 1. The van der Waals surface area contributed by atoms with Gasteiger partial charge in [0.15, 0.2) is 0 Å². The molecule has 1 saturated heterocycles. The average molecular weight is 508 g/mol. The van der Waals surface area contributed by atoms with E-state index in [4.69, 9.17) is 16.3 Å². The summed E-state index contributed by atoms with van der Waals surface area (Å²) in [6.45, 7) is 0.321. The van der Waals surface area contributed by atoms with E-state index < -0.39 is 12.1 Å². The van der Waals surface area contributed by atoms with E-state index in [9.17, 15) is 14.7 Å². The number of benzene rings is 2. The summed E-state index contributed by atoms with van der Waals surface area (Å²) in [6, 6.07) is 16.9. The van der Waals surface area contributed by atoms with Gasteiger partial charge in [-0.05, 0) is 66.3 Å². The highest BCUT2D eigenvalue weighted by atomic mass is 35.5. The molecule has 2 aromatic carbocycles. The van der Waals surface area contributed by atoms with Gasteiger partial charge in [0.2, 0.25) is 0 Å². The van der Waals surface area contributed by atoms with E-state index in [1.54, 1.807) is 36.3 Å². The number of hydrogen-bond acceptors (Lipinski definition) is 6. The maximum absolute atomic E-state index is 12.9. The van der Waals surface area contributed by atoms with Gasteiger partial charge < -0.3 is 20.1 Å². The van der Waals surface area contributed by atoms with Crippen molar-refractivity contribution < 1.29 is 19.4 Å². The highest BCUT2D eigenvalue weighted by Gasteiger charge is 2.30. The van der Waals surface area contributed by atoms with E-state index >= 15 is 0 Å². The van der Waals surface area contributed by atoms with Crippen LogP contribution in [0, 0.1) is 0 Å². The molecule has 8 heteroatoms. The molecule has 1 fully saturated rings. The molecule has 7 nitrogen and oxygen atoms in total. The molecule has 1 amide bonds. The van der Waals surface area contributed by atoms with Gasteiger partial charge in [-0.1, -0.05) is 35.9 Å². The largest absolute Gasteiger partial charge is 0.465 e. The van der Waals surface area contributed by atoms with Gasteiger partial charge in [-0.15, -0.1) is 0 Å². The van der Waals surface area contributed by atoms with Crippen molar-refractivity contribution in [1.82, 2.24) is 15.2 Å². The predicted molar refractivity (Wildman–Crippen MR) is 138 cm³/mol. The van der Waals surface area contributed by atoms with Gasteiger partial charge in [0, 0.05) is 48.7 Å². The van der Waals surface area contributed by atoms with Gasteiger partial charge in [0.05, 0.1) is 18.8 Å². The van der Waals surface area contributed by atoms with E-state index in [1.165, 1.54) is 13.3 Å². The molecule has 2 heterocycles. The Balaban J connectivity index is 1.31. The molecule has 3 atom stereocenters. The number of methoxy groups -OCH3 is 1. The van der Waals surface area contributed by atoms with Crippen LogP contribution in [0.1, 0.15) is 56.4 Å². The summed E-state index contributed by atoms with van der Waals surface area (Å²) in [7, 11) is 3.04. The van der Waals surface area contributed by atoms with Gasteiger partial charge in [0.25, 0.3) is 5.91 Å². The molecule has 0 saturated carbocycles. The first-order valence-electron chi connectivity index (χ1n) is 11.9. The van der Waals surface area contributed by atoms with Crippen molar-refractivity contribution in [1.29, 1.82) is 0 Å². The van der Waals surface area contributed by atoms with E-state index in [-0.39, 0.29) is 18.0 Å². The zero-order valence-corrected chi connectivity index (χ0v) is 21.1. The lowest BCUT2D eigenvalue weighted by Crippen LogP contribution is -2.35. The first-order valence-corrected chi connectivity index (χ1v) is 12.3. The van der Waals surface area contributed by atoms with Crippen molar-refractivity contribution in [3.8, 4) is 0 Å². The lowest BCUT2D eigenvalue weighted by Gasteiger charge is -2.21. The van der Waals surface area contributed by atoms with Crippen molar-refractivity contribution in [3.05, 3.63) is 99.8 Å². The van der Waals surface area contributed by atoms with Crippen LogP contribution in [0.2, 0.25) is 5.02 Å². The second kappa shape index (κ2) is 11.6. The van der Waals surface area contributed by atoms with Crippen LogP contribution in [0.15, 0.2) is 67.0 Å². The van der Waals surface area contributed by atoms with Gasteiger partial charge in [-0.3, -0.25) is 9.78 Å². The van der Waals surface area contributed by atoms with Crippen LogP contribution >= 0.6 is 11.6 Å². The van der Waals surface area contributed by atoms with Gasteiger partial charge in [-0.25, -0.2) is 4.79 Å². The minimum Gasteiger partial charge on any atom is -0.465 e. The fourth-order valence-electron chi connectivity index (χ4n) is 4.59. The fourth-order valence-corrected chi connectivity index (χ4v) is 4.72. The molecule has 2 N–H and O–H groups in total. The maximum Gasteiger partial charge on any atom is 0.339 e. The van der Waals surface area contributed by atoms with E-state index in [0.29, 0.717) is 22.7 Å². The Labute approximate surface area is 216 Å². The lowest BCUT2D eigenvalue weighted by molar-refractivity contribution is 0.0600. The van der Waals surface area contributed by atoms with Crippen LogP contribution in [0.3, 0.4) is 0 Å². The molecular weight excluding hydrogens is 478 g/mol. The number of esters is 1. The zero-order chi connectivity index (χ0) is 25.7. The van der Waals surface area contributed by atoms with Crippen molar-refractivity contribution in [2.45, 2.75) is 44.0 Å². The van der Waals surface area contributed by atoms with E-state index in [1.807, 2.05) is 36.4 Å². The number of carbonyl (C=O) groups excluding carboxylic acids is 2. The van der Waals surface area contributed by atoms with Crippen LogP contribution in [-0.2, 0) is 17.7 Å². The Kier molecular flexibility index (Phi) is 8.36. The number of halogens is 1. The number of pyridine rings is 1. The fraction of sp³-hybridized carbons (Fsp3) is 0.321. The molecule has 188 valence electrons. The molecular formula is C28H30ClN3O4. The number of hydrogen-bond donors (Lipinski definition) is 2. The molecule has 0 aliphatic carbocycles. The molecule has 1 aromatic heterocycles. The molecule has 3 aromatic rings. The van der Waals surface area contributed by atoms with Crippen molar-refractivity contribution in [2.75, 3.05) is 14.2 Å². The summed E-state index contributed by atoms with van der Waals surface area (Å²) in [5.41, 5.74) is 3.67. The summed E-state index contributed by atoms with van der Waals surface area (Å²) in [4.78, 5) is 30.3. The number of ether oxygens (including phenoxy) is 1. The van der Waals surface area contributed by atoms with Crippen LogP contribution in [0.5, 0.6) is 0 Å². The van der Waals surface area contributed by atoms with Gasteiger partial charge in [-0.2, -0.15) is 0 Å². The molecule has 0 bridgehead atoms. The highest BCUT2D eigenvalue weighted by Crippen LogP contribution is 2.27. The second-order valence-corrected chi connectivity index (χ2v) is 9.62. The van der Waals surface area contributed by atoms with Crippen LogP contribution in [0.25, 0.3) is 0 Å². The average Bonchev–Trinajstić information content (AvgIpc) is 3.36. The summed E-state index contributed by atoms with van der Waals surface area (Å²) in [6.07, 6.45) is 5.17. The number of aliphatic hydroxyl groups is 1. The quantitative estimate of drug-likeness (QED) is 0.444. The summed E-state index contributed by atoms with van der Waals surface area (Å²) in [5, 5.41) is 14.9. The second-order valence-electron chi connectivity index (χ2n) is 9.18. The number of nitrogens with one attached hydrogen (secondary N) is 1. The summed E-state index contributed by atoms with van der Waals surface area (Å²) < 4.78 is 4.73. The van der Waals surface area contributed by atoms with Crippen LogP contribution < -0.4 is 5.32 Å². The third-order valence-electron chi connectivity index (χ3n) is 6.53. The van der Waals surface area contributed by atoms with Crippen molar-refractivity contribution in [3.63, 3.8) is 0 Å². The first kappa shape index (κ1) is 25.8. The maximum atomic E-state index is 12.9. The van der Waals surface area contributed by atoms with Crippen LogP contribution in [-0.4, -0.2) is 53.1 Å². The van der Waals surface area contributed by atoms with Crippen molar-refractivity contribution in [2.24, 2.45) is 0 Å². The monoisotopic (exact) mass is 507 g/mol. The zero-order valence-electron chi connectivity index (χ0n) is 20.4. The van der Waals surface area contributed by atoms with Crippen LogP contribution in [0.4, 0.5) is 0 Å². The Morgan fingerprint density at radius 1 is 1.08 bits per heavy atom. The first-order chi connectivity index (χ1) is 17.3. The Hall–Kier alpha value is -3.26. The normalized spacial score (nSPS) is 18.0. The van der Waals surface area contributed by atoms with Gasteiger partial charge >= 0.3 is 5.97 Å². The standard InChI is InChI=1S/C28H30ClN3O4/c1-32(17-19-13-22(16-30-15-19)28(35)36-2)27(34)21-5-3-18(4-6-21)14-24-11-12-25(31-24)26(33)20-7-9-23(29)10-8-20/h3-10,13,15-16,24-26,31,33H,11-12,14,17H2,1-2H3/t24-,25+,26?/m0/s1. The predicted octanol–water partition coefficient (Wildman–Crippen LogP) is 4.19. The smallest absolute Gasteiger partial charge is 0.339 e. The Bertz CT molecular complexity index is 1200. The topological polar surface area (TPSA) is 91.8 Å². The van der Waals surface area contributed by atoms with Gasteiger partial charge in [0.1, 0.15) is 0 Å². The molecule has 4 rings (SSSR count). The molecule has 1 unspecified atom stereocenters. The molecule has 1 aliphatic rings. The number of aliphatic hydroxyl groups excluding tert-OH is 1. The number of carbonyl (C=O) groups is 2. The molecule has 36 heavy (non-hydrogen) atoms. The Morgan fingerprint density at radius 3 is 2.50 bits per heavy atom. The molecule has 0 radical (unpaired) electrons. The van der Waals surface area contributed by atoms with E-state index in [2.05, 4.69) is 10.3 Å². The minimum atomic E-state index is -0.577. The third kappa shape index (κ3) is 6.29. The van der Waals surface area contributed by atoms with E-state index in [0.717, 1.165) is 36.0 Å². The summed E-state index contributed by atoms with van der Waals surface area (Å²) >= 11 is 5.96. The number of amides is 1. The Morgan fingerprint density at radius 2 is 1.81 bits per heavy atom. The third-order valence-corrected chi connectivity index (χ3v) is 6.79. The van der Waals surface area contributed by atoms with Crippen molar-refractivity contribution >= 4 is 23.5 Å². The summed E-state index contributed by atoms with van der Waals surface area (Å²) in [5.74, 6) is -0.577. The minimum absolute atomic E-state index is 0.00199. The molecule has 0 spiro atoms. The highest BCUT2D eigenvalue weighted by molar-refractivity contribution is 6.30. The SMILES string of the molecule is COC(=O)c1cncc(CN(C)C(=O)c2ccc(C[C@@H]3CC[C@H](C(O)c4ccc(Cl)cc4)N3)cc2)c1. The number of nitrogens with zero attached hydrogens (tertiary/aromatic N) is 2. The number of rotatable bonds is 8. The lowest BCUT2D eigenvalue weighted by atomic mass is 10.0. The molecule has 1 aliphatic heterocycles.